The Hall–Kier alpha value is -2.39. The smallest absolute Gasteiger partial charge is 0.348 e. The summed E-state index contributed by atoms with van der Waals surface area (Å²) < 4.78 is 37.7. The summed E-state index contributed by atoms with van der Waals surface area (Å²) in [5, 5.41) is 9.14. The zero-order valence-corrected chi connectivity index (χ0v) is 16.5. The van der Waals surface area contributed by atoms with E-state index in [1.165, 1.54) is 5.56 Å². The van der Waals surface area contributed by atoms with Crippen LogP contribution < -0.4 is 10.6 Å². The highest BCUT2D eigenvalue weighted by atomic mass is 32.1. The van der Waals surface area contributed by atoms with Crippen molar-refractivity contribution < 1.29 is 22.8 Å². The van der Waals surface area contributed by atoms with E-state index in [0.29, 0.717) is 12.5 Å². The number of nitrogens with zero attached hydrogens (tertiary/aromatic N) is 1. The van der Waals surface area contributed by atoms with Crippen LogP contribution in [0.2, 0.25) is 0 Å². The SMILES string of the molecule is O=C(NCC1CCN(Cc2ccsc2)CC1)C(=O)Nc1ccc(C(F)(F)F)cc1. The first-order valence-electron chi connectivity index (χ1n) is 9.31. The number of halogens is 3. The van der Waals surface area contributed by atoms with Gasteiger partial charge >= 0.3 is 18.0 Å². The molecule has 156 valence electrons. The normalized spacial score (nSPS) is 15.8. The molecule has 0 aliphatic carbocycles. The second kappa shape index (κ2) is 9.41. The number of benzene rings is 1. The molecule has 5 nitrogen and oxygen atoms in total. The monoisotopic (exact) mass is 425 g/mol. The molecule has 9 heteroatoms. The lowest BCUT2D eigenvalue weighted by Crippen LogP contribution is -2.41. The Morgan fingerprint density at radius 3 is 2.34 bits per heavy atom. The van der Waals surface area contributed by atoms with Crippen molar-refractivity contribution in [3.63, 3.8) is 0 Å². The fourth-order valence-electron chi connectivity index (χ4n) is 3.24. The molecule has 1 aromatic carbocycles. The second-order valence-electron chi connectivity index (χ2n) is 7.09. The van der Waals surface area contributed by atoms with Gasteiger partial charge in [-0.25, -0.2) is 0 Å². The van der Waals surface area contributed by atoms with Gasteiger partial charge in [0.1, 0.15) is 0 Å². The number of likely N-dealkylation sites (tertiary alicyclic amines) is 1. The van der Waals surface area contributed by atoms with E-state index in [-0.39, 0.29) is 5.69 Å². The Morgan fingerprint density at radius 1 is 1.07 bits per heavy atom. The molecule has 0 radical (unpaired) electrons. The van der Waals surface area contributed by atoms with E-state index in [0.717, 1.165) is 56.7 Å². The molecule has 0 saturated carbocycles. The number of piperidine rings is 1. The summed E-state index contributed by atoms with van der Waals surface area (Å²) in [5.41, 5.74) is 0.631. The third-order valence-corrected chi connectivity index (χ3v) is 5.65. The number of thiophene rings is 1. The standard InChI is InChI=1S/C20H22F3N3O2S/c21-20(22,23)16-1-3-17(4-2-16)25-19(28)18(27)24-11-14-5-8-26(9-6-14)12-15-7-10-29-13-15/h1-4,7,10,13-14H,5-6,8-9,11-12H2,(H,24,27)(H,25,28). The van der Waals surface area contributed by atoms with Crippen molar-refractivity contribution in [3.05, 3.63) is 52.2 Å². The Bertz CT molecular complexity index is 814. The lowest BCUT2D eigenvalue weighted by Gasteiger charge is -2.31. The van der Waals surface area contributed by atoms with Gasteiger partial charge in [-0.1, -0.05) is 0 Å². The van der Waals surface area contributed by atoms with Crippen LogP contribution >= 0.6 is 11.3 Å². The molecule has 0 bridgehead atoms. The summed E-state index contributed by atoms with van der Waals surface area (Å²) in [5.74, 6) is -1.37. The molecular weight excluding hydrogens is 403 g/mol. The lowest BCUT2D eigenvalue weighted by molar-refractivity contribution is -0.137. The highest BCUT2D eigenvalue weighted by Gasteiger charge is 2.30. The van der Waals surface area contributed by atoms with Gasteiger partial charge < -0.3 is 10.6 Å². The third-order valence-electron chi connectivity index (χ3n) is 4.92. The van der Waals surface area contributed by atoms with Crippen LogP contribution in [-0.2, 0) is 22.3 Å². The maximum atomic E-state index is 12.6. The maximum absolute atomic E-state index is 12.6. The largest absolute Gasteiger partial charge is 0.416 e. The van der Waals surface area contributed by atoms with Crippen molar-refractivity contribution in [2.75, 3.05) is 25.0 Å². The van der Waals surface area contributed by atoms with E-state index in [2.05, 4.69) is 32.4 Å². The molecule has 2 aromatic rings. The van der Waals surface area contributed by atoms with Crippen LogP contribution in [0.1, 0.15) is 24.0 Å². The van der Waals surface area contributed by atoms with Crippen LogP contribution in [0, 0.1) is 5.92 Å². The molecule has 1 fully saturated rings. The van der Waals surface area contributed by atoms with Gasteiger partial charge in [0.2, 0.25) is 0 Å². The Kier molecular flexibility index (Phi) is 6.92. The minimum atomic E-state index is -4.45. The van der Waals surface area contributed by atoms with Crippen molar-refractivity contribution in [1.82, 2.24) is 10.2 Å². The number of carbonyl (C=O) groups excluding carboxylic acids is 2. The Balaban J connectivity index is 1.38. The minimum absolute atomic E-state index is 0.139. The first kappa shape index (κ1) is 21.3. The number of hydrogen-bond donors (Lipinski definition) is 2. The van der Waals surface area contributed by atoms with Crippen LogP contribution in [0.5, 0.6) is 0 Å². The first-order chi connectivity index (χ1) is 13.8. The van der Waals surface area contributed by atoms with E-state index in [1.807, 2.05) is 0 Å². The van der Waals surface area contributed by atoms with Gasteiger partial charge in [-0.3, -0.25) is 14.5 Å². The van der Waals surface area contributed by atoms with Crippen LogP contribution in [-0.4, -0.2) is 36.3 Å². The molecule has 1 saturated heterocycles. The lowest BCUT2D eigenvalue weighted by atomic mass is 9.96. The van der Waals surface area contributed by atoms with Gasteiger partial charge in [0.05, 0.1) is 5.56 Å². The predicted molar refractivity (Wildman–Crippen MR) is 105 cm³/mol. The minimum Gasteiger partial charge on any atom is -0.348 e. The number of nitrogens with one attached hydrogen (secondary N) is 2. The van der Waals surface area contributed by atoms with Crippen molar-refractivity contribution in [2.45, 2.75) is 25.6 Å². The predicted octanol–water partition coefficient (Wildman–Crippen LogP) is 3.73. The number of hydrogen-bond acceptors (Lipinski definition) is 4. The van der Waals surface area contributed by atoms with E-state index >= 15 is 0 Å². The zero-order valence-electron chi connectivity index (χ0n) is 15.7. The zero-order chi connectivity index (χ0) is 20.9. The van der Waals surface area contributed by atoms with Gasteiger partial charge in [-0.05, 0) is 78.5 Å². The van der Waals surface area contributed by atoms with Gasteiger partial charge in [-0.15, -0.1) is 0 Å². The average molecular weight is 425 g/mol. The van der Waals surface area contributed by atoms with Crippen molar-refractivity contribution in [3.8, 4) is 0 Å². The second-order valence-corrected chi connectivity index (χ2v) is 7.87. The van der Waals surface area contributed by atoms with Crippen LogP contribution in [0.3, 0.4) is 0 Å². The van der Waals surface area contributed by atoms with E-state index < -0.39 is 23.6 Å². The quantitative estimate of drug-likeness (QED) is 0.718. The summed E-state index contributed by atoms with van der Waals surface area (Å²) >= 11 is 1.68. The molecule has 0 atom stereocenters. The number of rotatable bonds is 5. The highest BCUT2D eigenvalue weighted by molar-refractivity contribution is 7.07. The van der Waals surface area contributed by atoms with Crippen LogP contribution in [0.15, 0.2) is 41.1 Å². The van der Waals surface area contributed by atoms with E-state index in [9.17, 15) is 22.8 Å². The maximum Gasteiger partial charge on any atom is 0.416 e. The molecular formula is C20H22F3N3O2S. The topological polar surface area (TPSA) is 61.4 Å². The first-order valence-corrected chi connectivity index (χ1v) is 10.3. The summed E-state index contributed by atoms with van der Waals surface area (Å²) in [6.07, 6.45) is -2.57. The molecule has 2 N–H and O–H groups in total. The molecule has 1 aliphatic rings. The Morgan fingerprint density at radius 2 is 1.76 bits per heavy atom. The average Bonchev–Trinajstić information content (AvgIpc) is 3.20. The van der Waals surface area contributed by atoms with E-state index in [1.54, 1.807) is 11.3 Å². The van der Waals surface area contributed by atoms with Crippen molar-refractivity contribution in [1.29, 1.82) is 0 Å². The van der Waals surface area contributed by atoms with Gasteiger partial charge in [0.25, 0.3) is 0 Å². The molecule has 0 unspecified atom stereocenters. The fourth-order valence-corrected chi connectivity index (χ4v) is 3.90. The van der Waals surface area contributed by atoms with Crippen molar-refractivity contribution >= 4 is 28.8 Å². The number of alkyl halides is 3. The third kappa shape index (κ3) is 6.30. The van der Waals surface area contributed by atoms with Gasteiger partial charge in [-0.2, -0.15) is 24.5 Å². The number of amides is 2. The van der Waals surface area contributed by atoms with Crippen LogP contribution in [0.25, 0.3) is 0 Å². The molecule has 1 aromatic heterocycles. The molecule has 29 heavy (non-hydrogen) atoms. The molecule has 0 spiro atoms. The molecule has 1 aliphatic heterocycles. The van der Waals surface area contributed by atoms with Gasteiger partial charge in [0.15, 0.2) is 0 Å². The summed E-state index contributed by atoms with van der Waals surface area (Å²) in [6.45, 7) is 3.21. The fraction of sp³-hybridized carbons (Fsp3) is 0.400. The Labute approximate surface area is 170 Å². The molecule has 3 rings (SSSR count). The number of anilines is 1. The summed E-state index contributed by atoms with van der Waals surface area (Å²) in [4.78, 5) is 26.3. The highest BCUT2D eigenvalue weighted by Crippen LogP contribution is 2.29. The molecule has 2 amide bonds. The van der Waals surface area contributed by atoms with Gasteiger partial charge in [0, 0.05) is 18.8 Å². The summed E-state index contributed by atoms with van der Waals surface area (Å²) in [6, 6.07) is 6.08. The molecule has 2 heterocycles. The van der Waals surface area contributed by atoms with Crippen LogP contribution in [0.4, 0.5) is 18.9 Å². The van der Waals surface area contributed by atoms with Crippen molar-refractivity contribution in [2.24, 2.45) is 5.92 Å². The van der Waals surface area contributed by atoms with E-state index in [4.69, 9.17) is 0 Å². The number of carbonyl (C=O) groups is 2. The summed E-state index contributed by atoms with van der Waals surface area (Å²) in [7, 11) is 0.